The molecule has 0 radical (unpaired) electrons. The standard InChI is InChI=1S/C13H10ClN3O/c1-2-8-3-5-9(6-4-8)10-11-12(18-17-10)13(14)16-7-15-11/h3-7H,2H2,1H3. The second-order valence-corrected chi connectivity index (χ2v) is 4.28. The van der Waals surface area contributed by atoms with Crippen LogP contribution in [0.3, 0.4) is 0 Å². The largest absolute Gasteiger partial charge is 0.351 e. The number of halogens is 1. The summed E-state index contributed by atoms with van der Waals surface area (Å²) in [5.74, 6) is 0. The second-order valence-electron chi connectivity index (χ2n) is 3.92. The molecule has 2 heterocycles. The van der Waals surface area contributed by atoms with Gasteiger partial charge in [0.1, 0.15) is 17.5 Å². The minimum atomic E-state index is 0.281. The summed E-state index contributed by atoms with van der Waals surface area (Å²) >= 11 is 5.92. The monoisotopic (exact) mass is 259 g/mol. The van der Waals surface area contributed by atoms with Crippen molar-refractivity contribution < 1.29 is 4.52 Å². The predicted molar refractivity (Wildman–Crippen MR) is 69.4 cm³/mol. The molecule has 0 spiro atoms. The molecule has 1 aromatic carbocycles. The average molecular weight is 260 g/mol. The van der Waals surface area contributed by atoms with Crippen LogP contribution in [0.4, 0.5) is 0 Å². The van der Waals surface area contributed by atoms with Crippen molar-refractivity contribution in [3.8, 4) is 11.3 Å². The van der Waals surface area contributed by atoms with Gasteiger partial charge in [0.2, 0.25) is 5.58 Å². The van der Waals surface area contributed by atoms with Crippen LogP contribution >= 0.6 is 11.6 Å². The van der Waals surface area contributed by atoms with Crippen LogP contribution in [0.15, 0.2) is 35.1 Å². The summed E-state index contributed by atoms with van der Waals surface area (Å²) in [7, 11) is 0. The molecule has 0 unspecified atom stereocenters. The Morgan fingerprint density at radius 3 is 2.67 bits per heavy atom. The zero-order valence-corrected chi connectivity index (χ0v) is 10.5. The van der Waals surface area contributed by atoms with E-state index in [2.05, 4.69) is 34.2 Å². The van der Waals surface area contributed by atoms with Crippen molar-refractivity contribution in [2.45, 2.75) is 13.3 Å². The van der Waals surface area contributed by atoms with Gasteiger partial charge in [-0.3, -0.25) is 0 Å². The van der Waals surface area contributed by atoms with Crippen LogP contribution < -0.4 is 0 Å². The highest BCUT2D eigenvalue weighted by atomic mass is 35.5. The van der Waals surface area contributed by atoms with Gasteiger partial charge in [0.25, 0.3) is 0 Å². The molecule has 3 rings (SSSR count). The Bertz CT molecular complexity index is 691. The Hall–Kier alpha value is -1.94. The molecular formula is C13H10ClN3O. The van der Waals surface area contributed by atoms with Crippen molar-refractivity contribution in [2.24, 2.45) is 0 Å². The number of aromatic nitrogens is 3. The third kappa shape index (κ3) is 1.75. The first-order chi connectivity index (χ1) is 8.79. The van der Waals surface area contributed by atoms with E-state index >= 15 is 0 Å². The van der Waals surface area contributed by atoms with Crippen LogP contribution in [0.2, 0.25) is 5.15 Å². The molecule has 0 aliphatic carbocycles. The number of rotatable bonds is 2. The molecule has 2 aromatic heterocycles. The van der Waals surface area contributed by atoms with Gasteiger partial charge in [-0.05, 0) is 12.0 Å². The number of hydrogen-bond acceptors (Lipinski definition) is 4. The topological polar surface area (TPSA) is 51.8 Å². The van der Waals surface area contributed by atoms with Gasteiger partial charge in [-0.1, -0.05) is 47.9 Å². The molecule has 18 heavy (non-hydrogen) atoms. The fourth-order valence-corrected chi connectivity index (χ4v) is 1.99. The lowest BCUT2D eigenvalue weighted by Gasteiger charge is -1.99. The maximum absolute atomic E-state index is 5.92. The van der Waals surface area contributed by atoms with Crippen molar-refractivity contribution in [3.05, 3.63) is 41.3 Å². The molecule has 4 nitrogen and oxygen atoms in total. The molecule has 0 aliphatic rings. The maximum atomic E-state index is 5.92. The second kappa shape index (κ2) is 4.38. The average Bonchev–Trinajstić information content (AvgIpc) is 2.84. The summed E-state index contributed by atoms with van der Waals surface area (Å²) < 4.78 is 5.18. The van der Waals surface area contributed by atoms with E-state index in [1.54, 1.807) is 0 Å². The highest BCUT2D eigenvalue weighted by Crippen LogP contribution is 2.29. The Morgan fingerprint density at radius 1 is 1.17 bits per heavy atom. The van der Waals surface area contributed by atoms with Gasteiger partial charge in [-0.2, -0.15) is 0 Å². The van der Waals surface area contributed by atoms with Crippen molar-refractivity contribution in [2.75, 3.05) is 0 Å². The summed E-state index contributed by atoms with van der Waals surface area (Å²) in [5, 5.41) is 4.30. The maximum Gasteiger partial charge on any atom is 0.223 e. The van der Waals surface area contributed by atoms with Gasteiger partial charge in [0, 0.05) is 5.56 Å². The fourth-order valence-electron chi connectivity index (χ4n) is 1.82. The highest BCUT2D eigenvalue weighted by molar-refractivity contribution is 6.33. The molecule has 0 saturated heterocycles. The lowest BCUT2D eigenvalue weighted by Crippen LogP contribution is -1.84. The number of aryl methyl sites for hydroxylation is 1. The Kier molecular flexibility index (Phi) is 2.72. The van der Waals surface area contributed by atoms with Gasteiger partial charge in [-0.25, -0.2) is 9.97 Å². The number of benzene rings is 1. The van der Waals surface area contributed by atoms with Gasteiger partial charge in [0.15, 0.2) is 5.15 Å². The predicted octanol–water partition coefficient (Wildman–Crippen LogP) is 3.50. The smallest absolute Gasteiger partial charge is 0.223 e. The number of hydrogen-bond donors (Lipinski definition) is 0. The third-order valence-corrected chi connectivity index (χ3v) is 3.12. The van der Waals surface area contributed by atoms with Crippen molar-refractivity contribution in [1.29, 1.82) is 0 Å². The quantitative estimate of drug-likeness (QED) is 0.661. The van der Waals surface area contributed by atoms with E-state index in [-0.39, 0.29) is 5.15 Å². The fraction of sp³-hybridized carbons (Fsp3) is 0.154. The lowest BCUT2D eigenvalue weighted by atomic mass is 10.1. The van der Waals surface area contributed by atoms with Crippen LogP contribution in [0.1, 0.15) is 12.5 Å². The van der Waals surface area contributed by atoms with Crippen molar-refractivity contribution in [3.63, 3.8) is 0 Å². The molecule has 0 bridgehead atoms. The summed E-state index contributed by atoms with van der Waals surface area (Å²) in [5.41, 5.74) is 3.99. The van der Waals surface area contributed by atoms with Crippen LogP contribution in [0.5, 0.6) is 0 Å². The molecule has 0 N–H and O–H groups in total. The van der Waals surface area contributed by atoms with E-state index in [4.69, 9.17) is 16.1 Å². The van der Waals surface area contributed by atoms with Crippen molar-refractivity contribution in [1.82, 2.24) is 15.1 Å². The Morgan fingerprint density at radius 2 is 1.94 bits per heavy atom. The van der Waals surface area contributed by atoms with Crippen LogP contribution in [-0.4, -0.2) is 15.1 Å². The summed E-state index contributed by atoms with van der Waals surface area (Å²) in [6.07, 6.45) is 2.42. The third-order valence-electron chi connectivity index (χ3n) is 2.85. The minimum absolute atomic E-state index is 0.281. The summed E-state index contributed by atoms with van der Waals surface area (Å²) in [6, 6.07) is 8.15. The van der Waals surface area contributed by atoms with E-state index in [1.165, 1.54) is 11.9 Å². The minimum Gasteiger partial charge on any atom is -0.351 e. The molecule has 0 atom stereocenters. The Balaban J connectivity index is 2.16. The first kappa shape index (κ1) is 11.2. The molecule has 3 aromatic rings. The molecular weight excluding hydrogens is 250 g/mol. The number of fused-ring (bicyclic) bond motifs is 1. The Labute approximate surface area is 109 Å². The molecule has 0 amide bonds. The molecule has 0 fully saturated rings. The number of nitrogens with zero attached hydrogens (tertiary/aromatic N) is 3. The van der Waals surface area contributed by atoms with Gasteiger partial charge in [-0.15, -0.1) is 0 Å². The molecule has 0 aliphatic heterocycles. The van der Waals surface area contributed by atoms with Gasteiger partial charge in [0.05, 0.1) is 0 Å². The zero-order chi connectivity index (χ0) is 12.5. The van der Waals surface area contributed by atoms with Gasteiger partial charge >= 0.3 is 0 Å². The van der Waals surface area contributed by atoms with Crippen molar-refractivity contribution >= 4 is 22.7 Å². The van der Waals surface area contributed by atoms with Gasteiger partial charge < -0.3 is 4.52 Å². The molecule has 5 heteroatoms. The van der Waals surface area contributed by atoms with E-state index in [0.717, 1.165) is 12.0 Å². The first-order valence-corrected chi connectivity index (χ1v) is 6.02. The SMILES string of the molecule is CCc1ccc(-c2noc3c(Cl)ncnc23)cc1. The summed E-state index contributed by atoms with van der Waals surface area (Å²) in [6.45, 7) is 2.12. The normalized spacial score (nSPS) is 11.0. The van der Waals surface area contributed by atoms with E-state index in [0.29, 0.717) is 16.8 Å². The van der Waals surface area contributed by atoms with E-state index in [1.807, 2.05) is 12.1 Å². The zero-order valence-electron chi connectivity index (χ0n) is 9.72. The van der Waals surface area contributed by atoms with E-state index in [9.17, 15) is 0 Å². The molecule has 0 saturated carbocycles. The van der Waals surface area contributed by atoms with Crippen LogP contribution in [0.25, 0.3) is 22.4 Å². The van der Waals surface area contributed by atoms with Crippen LogP contribution in [-0.2, 0) is 6.42 Å². The first-order valence-electron chi connectivity index (χ1n) is 5.64. The highest BCUT2D eigenvalue weighted by Gasteiger charge is 2.14. The molecule has 90 valence electrons. The lowest BCUT2D eigenvalue weighted by molar-refractivity contribution is 0.458. The van der Waals surface area contributed by atoms with Crippen LogP contribution in [0, 0.1) is 0 Å². The summed E-state index contributed by atoms with van der Waals surface area (Å²) in [4.78, 5) is 8.03. The van der Waals surface area contributed by atoms with E-state index < -0.39 is 0 Å².